The summed E-state index contributed by atoms with van der Waals surface area (Å²) in [4.78, 5) is 52.6. The Labute approximate surface area is 196 Å². The molecule has 1 saturated heterocycles. The fourth-order valence-electron chi connectivity index (χ4n) is 4.46. The molecular formula is C24H28N4O4S. The van der Waals surface area contributed by atoms with Crippen molar-refractivity contribution in [3.05, 3.63) is 51.4 Å². The minimum Gasteiger partial charge on any atom is -0.365 e. The molecule has 33 heavy (non-hydrogen) atoms. The van der Waals surface area contributed by atoms with E-state index in [1.807, 2.05) is 24.3 Å². The first kappa shape index (κ1) is 23.0. The van der Waals surface area contributed by atoms with Gasteiger partial charge in [0.2, 0.25) is 5.91 Å². The van der Waals surface area contributed by atoms with Crippen molar-refractivity contribution < 1.29 is 19.2 Å². The maximum Gasteiger partial charge on any atom is 0.325 e. The van der Waals surface area contributed by atoms with Crippen LogP contribution in [0.4, 0.5) is 9.80 Å². The highest BCUT2D eigenvalue weighted by molar-refractivity contribution is 7.17. The van der Waals surface area contributed by atoms with E-state index in [-0.39, 0.29) is 0 Å². The monoisotopic (exact) mass is 468 g/mol. The molecule has 1 aliphatic carbocycles. The zero-order valence-electron chi connectivity index (χ0n) is 19.0. The number of urea groups is 1. The van der Waals surface area contributed by atoms with Crippen molar-refractivity contribution in [3.63, 3.8) is 0 Å². The highest BCUT2D eigenvalue weighted by Crippen LogP contribution is 2.38. The molecule has 0 bridgehead atoms. The van der Waals surface area contributed by atoms with E-state index < -0.39 is 35.8 Å². The SMILES string of the molecule is CC(C)c1ccc(C2(C)NC(=O)N(CC(=O)Nc3sc4c(c3C(N)=O)CCCC4)C2=O)cc1. The van der Waals surface area contributed by atoms with Crippen LogP contribution in [0, 0.1) is 0 Å². The quantitative estimate of drug-likeness (QED) is 0.563. The van der Waals surface area contributed by atoms with Gasteiger partial charge in [-0.2, -0.15) is 0 Å². The minimum atomic E-state index is -1.26. The van der Waals surface area contributed by atoms with Gasteiger partial charge in [0.15, 0.2) is 0 Å². The van der Waals surface area contributed by atoms with Crippen molar-refractivity contribution in [3.8, 4) is 0 Å². The molecule has 2 aliphatic rings. The number of carbonyl (C=O) groups is 4. The van der Waals surface area contributed by atoms with Crippen LogP contribution in [0.15, 0.2) is 24.3 Å². The Morgan fingerprint density at radius 1 is 1.18 bits per heavy atom. The number of fused-ring (bicyclic) bond motifs is 1. The third-order valence-electron chi connectivity index (χ3n) is 6.40. The van der Waals surface area contributed by atoms with Crippen LogP contribution in [0.3, 0.4) is 0 Å². The molecule has 2 aromatic rings. The summed E-state index contributed by atoms with van der Waals surface area (Å²) in [5, 5.41) is 5.82. The number of nitrogens with one attached hydrogen (secondary N) is 2. The Balaban J connectivity index is 1.51. The normalized spacial score (nSPS) is 20.1. The lowest BCUT2D eigenvalue weighted by Crippen LogP contribution is -2.42. The maximum atomic E-state index is 13.2. The molecule has 9 heteroatoms. The largest absolute Gasteiger partial charge is 0.365 e. The highest BCUT2D eigenvalue weighted by Gasteiger charge is 2.49. The molecule has 8 nitrogen and oxygen atoms in total. The maximum absolute atomic E-state index is 13.2. The lowest BCUT2D eigenvalue weighted by atomic mass is 9.90. The molecular weight excluding hydrogens is 440 g/mol. The van der Waals surface area contributed by atoms with Crippen LogP contribution >= 0.6 is 11.3 Å². The summed E-state index contributed by atoms with van der Waals surface area (Å²) >= 11 is 1.34. The van der Waals surface area contributed by atoms with E-state index in [0.717, 1.165) is 46.6 Å². The number of nitrogens with zero attached hydrogens (tertiary/aromatic N) is 1. The number of thiophene rings is 1. The molecule has 1 aromatic carbocycles. The fraction of sp³-hybridized carbons (Fsp3) is 0.417. The van der Waals surface area contributed by atoms with E-state index in [0.29, 0.717) is 22.0 Å². The van der Waals surface area contributed by atoms with Gasteiger partial charge in [-0.15, -0.1) is 11.3 Å². The van der Waals surface area contributed by atoms with Crippen molar-refractivity contribution in [2.24, 2.45) is 5.73 Å². The molecule has 0 radical (unpaired) electrons. The number of carbonyl (C=O) groups excluding carboxylic acids is 4. The second kappa shape index (κ2) is 8.62. The van der Waals surface area contributed by atoms with E-state index >= 15 is 0 Å². The minimum absolute atomic E-state index is 0.342. The lowest BCUT2D eigenvalue weighted by Gasteiger charge is -2.22. The standard InChI is InChI=1S/C24H28N4O4S/c1-13(2)14-8-10-15(11-9-14)24(3)22(31)28(23(32)27-24)12-18(29)26-21-19(20(25)30)16-6-4-5-7-17(16)33-21/h8-11,13H,4-7,12H2,1-3H3,(H2,25,30)(H,26,29)(H,27,32). The number of nitrogens with two attached hydrogens (primary N) is 1. The highest BCUT2D eigenvalue weighted by atomic mass is 32.1. The van der Waals surface area contributed by atoms with Crippen LogP contribution in [0.2, 0.25) is 0 Å². The summed E-state index contributed by atoms with van der Waals surface area (Å²) < 4.78 is 0. The first-order chi connectivity index (χ1) is 15.6. The number of aryl methyl sites for hydroxylation is 1. The van der Waals surface area contributed by atoms with E-state index in [1.54, 1.807) is 6.92 Å². The van der Waals surface area contributed by atoms with Crippen LogP contribution in [0.1, 0.15) is 71.5 Å². The van der Waals surface area contributed by atoms with Gasteiger partial charge >= 0.3 is 6.03 Å². The Kier molecular flexibility index (Phi) is 6.00. The fourth-order valence-corrected chi connectivity index (χ4v) is 5.77. The molecule has 174 valence electrons. The van der Waals surface area contributed by atoms with Crippen molar-refractivity contribution in [1.82, 2.24) is 10.2 Å². The smallest absolute Gasteiger partial charge is 0.325 e. The summed E-state index contributed by atoms with van der Waals surface area (Å²) in [6.45, 7) is 5.33. The van der Waals surface area contributed by atoms with Gasteiger partial charge in [0, 0.05) is 4.88 Å². The first-order valence-corrected chi connectivity index (χ1v) is 11.9. The van der Waals surface area contributed by atoms with Gasteiger partial charge in [-0.25, -0.2) is 4.79 Å². The Morgan fingerprint density at radius 2 is 1.85 bits per heavy atom. The summed E-state index contributed by atoms with van der Waals surface area (Å²) in [5.41, 5.74) is 7.35. The van der Waals surface area contributed by atoms with Crippen LogP contribution in [0.5, 0.6) is 0 Å². The molecule has 1 aromatic heterocycles. The number of amides is 5. The first-order valence-electron chi connectivity index (χ1n) is 11.1. The van der Waals surface area contributed by atoms with Gasteiger partial charge in [-0.1, -0.05) is 38.1 Å². The van der Waals surface area contributed by atoms with Gasteiger partial charge < -0.3 is 16.4 Å². The second-order valence-electron chi connectivity index (χ2n) is 9.05. The zero-order chi connectivity index (χ0) is 23.9. The summed E-state index contributed by atoms with van der Waals surface area (Å²) in [5.74, 6) is -1.30. The summed E-state index contributed by atoms with van der Waals surface area (Å²) in [7, 11) is 0. The van der Waals surface area contributed by atoms with Crippen LogP contribution in [0.25, 0.3) is 0 Å². The Bertz CT molecular complexity index is 1140. The van der Waals surface area contributed by atoms with Gasteiger partial charge in [-0.3, -0.25) is 19.3 Å². The number of anilines is 1. The number of rotatable bonds is 6. The van der Waals surface area contributed by atoms with Crippen molar-refractivity contribution in [2.75, 3.05) is 11.9 Å². The van der Waals surface area contributed by atoms with E-state index in [4.69, 9.17) is 5.73 Å². The van der Waals surface area contributed by atoms with E-state index in [2.05, 4.69) is 24.5 Å². The third-order valence-corrected chi connectivity index (χ3v) is 7.61. The zero-order valence-corrected chi connectivity index (χ0v) is 19.8. The van der Waals surface area contributed by atoms with Crippen molar-refractivity contribution in [2.45, 2.75) is 57.9 Å². The van der Waals surface area contributed by atoms with E-state index in [1.165, 1.54) is 11.3 Å². The average Bonchev–Trinajstić information content (AvgIpc) is 3.24. The molecule has 0 spiro atoms. The van der Waals surface area contributed by atoms with Crippen molar-refractivity contribution >= 4 is 40.1 Å². The van der Waals surface area contributed by atoms with Crippen LogP contribution in [-0.2, 0) is 28.0 Å². The summed E-state index contributed by atoms with van der Waals surface area (Å²) in [6, 6.07) is 6.89. The van der Waals surface area contributed by atoms with E-state index in [9.17, 15) is 19.2 Å². The molecule has 1 aliphatic heterocycles. The molecule has 1 fully saturated rings. The predicted octanol–water partition coefficient (Wildman–Crippen LogP) is 3.25. The number of hydrogen-bond donors (Lipinski definition) is 3. The van der Waals surface area contributed by atoms with Gasteiger partial charge in [-0.05, 0) is 55.2 Å². The second-order valence-corrected chi connectivity index (χ2v) is 10.2. The summed E-state index contributed by atoms with van der Waals surface area (Å²) in [6.07, 6.45) is 3.59. The predicted molar refractivity (Wildman–Crippen MR) is 126 cm³/mol. The number of primary amides is 1. The number of benzene rings is 1. The third kappa shape index (κ3) is 4.13. The molecule has 4 N–H and O–H groups in total. The number of imide groups is 1. The van der Waals surface area contributed by atoms with Gasteiger partial charge in [0.25, 0.3) is 11.8 Å². The average molecular weight is 469 g/mol. The van der Waals surface area contributed by atoms with Crippen LogP contribution < -0.4 is 16.4 Å². The van der Waals surface area contributed by atoms with Gasteiger partial charge in [0.05, 0.1) is 5.56 Å². The van der Waals surface area contributed by atoms with Gasteiger partial charge in [0.1, 0.15) is 17.1 Å². The molecule has 0 saturated carbocycles. The van der Waals surface area contributed by atoms with Crippen LogP contribution in [-0.4, -0.2) is 35.2 Å². The number of hydrogen-bond acceptors (Lipinski definition) is 5. The Hall–Kier alpha value is -3.20. The molecule has 5 amide bonds. The molecule has 1 atom stereocenters. The molecule has 4 rings (SSSR count). The van der Waals surface area contributed by atoms with Crippen molar-refractivity contribution in [1.29, 1.82) is 0 Å². The molecule has 2 heterocycles. The topological polar surface area (TPSA) is 122 Å². The molecule has 1 unspecified atom stereocenters. The lowest BCUT2D eigenvalue weighted by molar-refractivity contribution is -0.133. The Morgan fingerprint density at radius 3 is 2.48 bits per heavy atom.